The Bertz CT molecular complexity index is 470. The largest absolute Gasteiger partial charge is 0.328 e. The lowest BCUT2D eigenvalue weighted by Gasteiger charge is -2.57. The predicted octanol–water partition coefficient (Wildman–Crippen LogP) is 1.97. The van der Waals surface area contributed by atoms with Crippen LogP contribution in [0.15, 0.2) is 24.3 Å². The normalized spacial score (nSPS) is 41.9. The van der Waals surface area contributed by atoms with Crippen LogP contribution in [0.2, 0.25) is 0 Å². The molecule has 3 N–H and O–H groups in total. The third-order valence-electron chi connectivity index (χ3n) is 5.64. The smallest absolute Gasteiger partial charge is 0.0144 e. The van der Waals surface area contributed by atoms with E-state index in [1.165, 1.54) is 38.6 Å². The van der Waals surface area contributed by atoms with Gasteiger partial charge in [0, 0.05) is 17.5 Å². The molecule has 96 valence electrons. The van der Waals surface area contributed by atoms with Crippen LogP contribution in [0.25, 0.3) is 0 Å². The van der Waals surface area contributed by atoms with E-state index in [4.69, 9.17) is 5.73 Å². The molecule has 1 saturated heterocycles. The average molecular weight is 242 g/mol. The van der Waals surface area contributed by atoms with Gasteiger partial charge in [-0.05, 0) is 55.7 Å². The van der Waals surface area contributed by atoms with Gasteiger partial charge in [0.25, 0.3) is 0 Å². The molecule has 2 heteroatoms. The molecule has 0 radical (unpaired) electrons. The van der Waals surface area contributed by atoms with E-state index in [2.05, 4.69) is 29.6 Å². The number of piperidine rings is 1. The summed E-state index contributed by atoms with van der Waals surface area (Å²) in [5.41, 5.74) is 9.90. The van der Waals surface area contributed by atoms with Crippen LogP contribution in [0.4, 0.5) is 0 Å². The van der Waals surface area contributed by atoms with Crippen molar-refractivity contribution in [2.45, 2.75) is 49.6 Å². The summed E-state index contributed by atoms with van der Waals surface area (Å²) in [6.45, 7) is 1.17. The Kier molecular flexibility index (Phi) is 2.33. The number of nitrogens with two attached hydrogens (primary N) is 1. The minimum absolute atomic E-state index is 0.391. The maximum Gasteiger partial charge on any atom is 0.0144 e. The Balaban J connectivity index is 1.89. The molecule has 2 aliphatic carbocycles. The summed E-state index contributed by atoms with van der Waals surface area (Å²) < 4.78 is 0. The van der Waals surface area contributed by atoms with E-state index in [9.17, 15) is 0 Å². The lowest BCUT2D eigenvalue weighted by molar-refractivity contribution is 0.0705. The highest BCUT2D eigenvalue weighted by Crippen LogP contribution is 2.53. The highest BCUT2D eigenvalue weighted by molar-refractivity contribution is 5.41. The Morgan fingerprint density at radius 3 is 3.06 bits per heavy atom. The Morgan fingerprint density at radius 1 is 1.22 bits per heavy atom. The molecule has 1 aliphatic heterocycles. The van der Waals surface area contributed by atoms with Gasteiger partial charge in [-0.15, -0.1) is 0 Å². The van der Waals surface area contributed by atoms with E-state index in [1.807, 2.05) is 0 Å². The lowest BCUT2D eigenvalue weighted by Crippen LogP contribution is -2.61. The minimum Gasteiger partial charge on any atom is -0.328 e. The van der Waals surface area contributed by atoms with Gasteiger partial charge >= 0.3 is 0 Å². The molecule has 4 atom stereocenters. The first-order valence-corrected chi connectivity index (χ1v) is 7.37. The van der Waals surface area contributed by atoms with Crippen LogP contribution in [0.5, 0.6) is 0 Å². The highest BCUT2D eigenvalue weighted by atomic mass is 15.0. The third kappa shape index (κ3) is 1.36. The molecule has 0 aromatic heterocycles. The molecule has 1 saturated carbocycles. The molecule has 2 nitrogen and oxygen atoms in total. The first kappa shape index (κ1) is 11.0. The summed E-state index contributed by atoms with van der Waals surface area (Å²) in [6, 6.07) is 10.2. The first-order valence-electron chi connectivity index (χ1n) is 7.37. The van der Waals surface area contributed by atoms with Gasteiger partial charge in [-0.2, -0.15) is 0 Å². The van der Waals surface area contributed by atoms with Crippen molar-refractivity contribution in [3.05, 3.63) is 35.4 Å². The van der Waals surface area contributed by atoms with Gasteiger partial charge in [-0.25, -0.2) is 0 Å². The van der Waals surface area contributed by atoms with Crippen molar-refractivity contribution < 1.29 is 0 Å². The molecule has 0 spiro atoms. The van der Waals surface area contributed by atoms with Gasteiger partial charge < -0.3 is 11.1 Å². The van der Waals surface area contributed by atoms with Crippen LogP contribution >= 0.6 is 0 Å². The van der Waals surface area contributed by atoms with Crippen LogP contribution in [-0.2, 0) is 11.8 Å². The minimum atomic E-state index is 0.391. The van der Waals surface area contributed by atoms with E-state index in [-0.39, 0.29) is 0 Å². The summed E-state index contributed by atoms with van der Waals surface area (Å²) in [4.78, 5) is 0. The molecule has 3 aliphatic rings. The zero-order valence-corrected chi connectivity index (χ0v) is 10.9. The van der Waals surface area contributed by atoms with Crippen molar-refractivity contribution >= 4 is 0 Å². The molecule has 2 bridgehead atoms. The SMILES string of the molecule is N[C@H]1CC[C@H]2[C@H]3Cc4ccccc4[C@@]2(CCN3)C1. The Morgan fingerprint density at radius 2 is 2.11 bits per heavy atom. The predicted molar refractivity (Wildman–Crippen MR) is 73.5 cm³/mol. The van der Waals surface area contributed by atoms with E-state index >= 15 is 0 Å². The molecule has 1 aromatic rings. The number of rotatable bonds is 0. The summed E-state index contributed by atoms with van der Waals surface area (Å²) >= 11 is 0. The fraction of sp³-hybridized carbons (Fsp3) is 0.625. The van der Waals surface area contributed by atoms with E-state index in [1.54, 1.807) is 11.1 Å². The maximum absolute atomic E-state index is 6.31. The molecular weight excluding hydrogens is 220 g/mol. The fourth-order valence-corrected chi connectivity index (χ4v) is 4.97. The summed E-state index contributed by atoms with van der Waals surface area (Å²) in [5.74, 6) is 0.820. The molecule has 0 unspecified atom stereocenters. The number of hydrogen-bond donors (Lipinski definition) is 2. The Hall–Kier alpha value is -0.860. The molecule has 0 amide bonds. The molecule has 1 aromatic carbocycles. The zero-order chi connectivity index (χ0) is 12.2. The third-order valence-corrected chi connectivity index (χ3v) is 5.64. The second kappa shape index (κ2) is 3.82. The second-order valence-electron chi connectivity index (χ2n) is 6.48. The molecule has 18 heavy (non-hydrogen) atoms. The Labute approximate surface area is 109 Å². The molecule has 2 fully saturated rings. The van der Waals surface area contributed by atoms with E-state index in [0.717, 1.165) is 5.92 Å². The lowest BCUT2D eigenvalue weighted by atomic mass is 9.52. The molecule has 1 heterocycles. The van der Waals surface area contributed by atoms with Crippen LogP contribution in [0.1, 0.15) is 36.8 Å². The van der Waals surface area contributed by atoms with Crippen LogP contribution in [-0.4, -0.2) is 18.6 Å². The van der Waals surface area contributed by atoms with Gasteiger partial charge in [0.2, 0.25) is 0 Å². The topological polar surface area (TPSA) is 38.0 Å². The average Bonchev–Trinajstić information content (AvgIpc) is 2.38. The van der Waals surface area contributed by atoms with E-state index in [0.29, 0.717) is 17.5 Å². The summed E-state index contributed by atoms with van der Waals surface area (Å²) in [6.07, 6.45) is 6.23. The van der Waals surface area contributed by atoms with Crippen molar-refractivity contribution in [3.63, 3.8) is 0 Å². The quantitative estimate of drug-likeness (QED) is 0.730. The molecule has 4 rings (SSSR count). The number of hydrogen-bond acceptors (Lipinski definition) is 2. The number of fused-ring (bicyclic) bond motifs is 1. The summed E-state index contributed by atoms with van der Waals surface area (Å²) in [7, 11) is 0. The van der Waals surface area contributed by atoms with Gasteiger partial charge in [-0.3, -0.25) is 0 Å². The number of benzene rings is 1. The second-order valence-corrected chi connectivity index (χ2v) is 6.48. The highest BCUT2D eigenvalue weighted by Gasteiger charge is 2.52. The van der Waals surface area contributed by atoms with E-state index < -0.39 is 0 Å². The van der Waals surface area contributed by atoms with Crippen molar-refractivity contribution in [1.29, 1.82) is 0 Å². The van der Waals surface area contributed by atoms with Crippen molar-refractivity contribution in [2.75, 3.05) is 6.54 Å². The van der Waals surface area contributed by atoms with Gasteiger partial charge in [-0.1, -0.05) is 24.3 Å². The van der Waals surface area contributed by atoms with Crippen LogP contribution < -0.4 is 11.1 Å². The molecular formula is C16H22N2. The number of nitrogens with one attached hydrogen (secondary N) is 1. The van der Waals surface area contributed by atoms with Crippen LogP contribution in [0.3, 0.4) is 0 Å². The van der Waals surface area contributed by atoms with Gasteiger partial charge in [0.15, 0.2) is 0 Å². The van der Waals surface area contributed by atoms with Crippen molar-refractivity contribution in [3.8, 4) is 0 Å². The fourth-order valence-electron chi connectivity index (χ4n) is 4.97. The zero-order valence-electron chi connectivity index (χ0n) is 10.9. The monoisotopic (exact) mass is 242 g/mol. The maximum atomic E-state index is 6.31. The van der Waals surface area contributed by atoms with Crippen molar-refractivity contribution in [1.82, 2.24) is 5.32 Å². The van der Waals surface area contributed by atoms with Gasteiger partial charge in [0.05, 0.1) is 0 Å². The van der Waals surface area contributed by atoms with Gasteiger partial charge in [0.1, 0.15) is 0 Å². The first-order chi connectivity index (χ1) is 8.79. The summed E-state index contributed by atoms with van der Waals surface area (Å²) in [5, 5.41) is 3.76. The van der Waals surface area contributed by atoms with Crippen molar-refractivity contribution in [2.24, 2.45) is 11.7 Å². The standard InChI is InChI=1S/C16H22N2/c17-12-5-6-14-15-9-11-3-1-2-4-13(11)16(14,10-12)7-8-18-15/h1-4,12,14-15,18H,5-10,17H2/t12-,14-,15+,16+/m0/s1. The van der Waals surface area contributed by atoms with Crippen LogP contribution in [0, 0.1) is 5.92 Å².